The second-order valence-corrected chi connectivity index (χ2v) is 5.85. The summed E-state index contributed by atoms with van der Waals surface area (Å²) >= 11 is 0. The van der Waals surface area contributed by atoms with E-state index in [-0.39, 0.29) is 0 Å². The summed E-state index contributed by atoms with van der Waals surface area (Å²) < 4.78 is 0. The quantitative estimate of drug-likeness (QED) is 0.818. The lowest BCUT2D eigenvalue weighted by Crippen LogP contribution is -2.29. The Morgan fingerprint density at radius 1 is 1.26 bits per heavy atom. The number of hydrogen-bond acceptors (Lipinski definition) is 4. The normalized spacial score (nSPS) is 18.4. The fourth-order valence-corrected chi connectivity index (χ4v) is 2.49. The lowest BCUT2D eigenvalue weighted by Gasteiger charge is -2.24. The summed E-state index contributed by atoms with van der Waals surface area (Å²) in [6, 6.07) is 2.84. The van der Waals surface area contributed by atoms with Gasteiger partial charge in [-0.1, -0.05) is 6.92 Å². The Kier molecular flexibility index (Phi) is 3.58. The van der Waals surface area contributed by atoms with Gasteiger partial charge in [-0.2, -0.15) is 0 Å². The summed E-state index contributed by atoms with van der Waals surface area (Å²) in [5.41, 5.74) is 0. The lowest BCUT2D eigenvalue weighted by atomic mass is 10.3. The first-order valence-corrected chi connectivity index (χ1v) is 7.62. The van der Waals surface area contributed by atoms with Gasteiger partial charge in [-0.05, 0) is 38.0 Å². The van der Waals surface area contributed by atoms with E-state index in [4.69, 9.17) is 4.98 Å². The van der Waals surface area contributed by atoms with Crippen LogP contribution in [0.5, 0.6) is 0 Å². The van der Waals surface area contributed by atoms with Crippen LogP contribution in [0.25, 0.3) is 0 Å². The van der Waals surface area contributed by atoms with Crippen LogP contribution in [0.1, 0.15) is 44.9 Å². The molecule has 0 amide bonds. The van der Waals surface area contributed by atoms with Gasteiger partial charge in [-0.25, -0.2) is 9.97 Å². The highest BCUT2D eigenvalue weighted by atomic mass is 15.2. The average Bonchev–Trinajstić information content (AvgIpc) is 3.28. The molecule has 2 saturated carbocycles. The van der Waals surface area contributed by atoms with E-state index in [9.17, 15) is 0 Å². The molecule has 1 aromatic rings. The number of aryl methyl sites for hydroxylation is 1. The van der Waals surface area contributed by atoms with Crippen molar-refractivity contribution in [3.63, 3.8) is 0 Å². The largest absolute Gasteiger partial charge is 0.373 e. The molecule has 0 unspecified atom stereocenters. The second-order valence-electron chi connectivity index (χ2n) is 5.85. The van der Waals surface area contributed by atoms with Gasteiger partial charge in [0.15, 0.2) is 0 Å². The fourth-order valence-electron chi connectivity index (χ4n) is 2.49. The fraction of sp³-hybridized carbons (Fsp3) is 0.733. The third-order valence-corrected chi connectivity index (χ3v) is 3.92. The highest BCUT2D eigenvalue weighted by Crippen LogP contribution is 2.37. The Bertz CT molecular complexity index is 438. The average molecular weight is 260 g/mol. The lowest BCUT2D eigenvalue weighted by molar-refractivity contribution is 0.701. The van der Waals surface area contributed by atoms with Crippen molar-refractivity contribution < 1.29 is 0 Å². The molecule has 2 aliphatic carbocycles. The van der Waals surface area contributed by atoms with Crippen LogP contribution in [0, 0.1) is 5.92 Å². The molecule has 1 aromatic heterocycles. The zero-order valence-electron chi connectivity index (χ0n) is 12.0. The molecule has 0 spiro atoms. The van der Waals surface area contributed by atoms with Crippen molar-refractivity contribution >= 4 is 11.6 Å². The van der Waals surface area contributed by atoms with Gasteiger partial charge in [0.1, 0.15) is 17.5 Å². The molecule has 0 atom stereocenters. The first kappa shape index (κ1) is 12.7. The molecule has 4 nitrogen and oxygen atoms in total. The molecule has 0 radical (unpaired) electrons. The van der Waals surface area contributed by atoms with Crippen LogP contribution in [-0.4, -0.2) is 29.6 Å². The molecular formula is C15H24N4. The van der Waals surface area contributed by atoms with Gasteiger partial charge >= 0.3 is 0 Å². The van der Waals surface area contributed by atoms with Gasteiger partial charge in [0.05, 0.1) is 0 Å². The van der Waals surface area contributed by atoms with Crippen molar-refractivity contribution in [1.29, 1.82) is 0 Å². The molecule has 0 bridgehead atoms. The molecule has 4 heteroatoms. The summed E-state index contributed by atoms with van der Waals surface area (Å²) in [6.45, 7) is 3.37. The smallest absolute Gasteiger partial charge is 0.134 e. The van der Waals surface area contributed by atoms with Gasteiger partial charge in [-0.15, -0.1) is 0 Å². The third-order valence-electron chi connectivity index (χ3n) is 3.92. The summed E-state index contributed by atoms with van der Waals surface area (Å²) in [6.07, 6.45) is 7.51. The van der Waals surface area contributed by atoms with Crippen LogP contribution in [0.3, 0.4) is 0 Å². The third kappa shape index (κ3) is 3.17. The van der Waals surface area contributed by atoms with E-state index >= 15 is 0 Å². The Hall–Kier alpha value is -1.32. The maximum Gasteiger partial charge on any atom is 0.134 e. The molecule has 0 aliphatic heterocycles. The molecule has 3 rings (SSSR count). The van der Waals surface area contributed by atoms with Crippen molar-refractivity contribution in [2.24, 2.45) is 5.92 Å². The van der Waals surface area contributed by atoms with Crippen molar-refractivity contribution in [2.45, 2.75) is 51.5 Å². The van der Waals surface area contributed by atoms with E-state index in [0.717, 1.165) is 42.3 Å². The molecule has 2 fully saturated rings. The highest BCUT2D eigenvalue weighted by Gasteiger charge is 2.34. The van der Waals surface area contributed by atoms with Gasteiger partial charge < -0.3 is 10.2 Å². The van der Waals surface area contributed by atoms with Gasteiger partial charge in [-0.3, -0.25) is 0 Å². The number of hydrogen-bond donors (Lipinski definition) is 1. The topological polar surface area (TPSA) is 41.1 Å². The van der Waals surface area contributed by atoms with Crippen LogP contribution in [0.4, 0.5) is 11.6 Å². The number of rotatable bonds is 7. The summed E-state index contributed by atoms with van der Waals surface area (Å²) in [5.74, 6) is 3.97. The maximum absolute atomic E-state index is 4.79. The van der Waals surface area contributed by atoms with E-state index in [0.29, 0.717) is 0 Å². The zero-order chi connectivity index (χ0) is 13.2. The van der Waals surface area contributed by atoms with Gasteiger partial charge in [0.25, 0.3) is 0 Å². The van der Waals surface area contributed by atoms with Crippen LogP contribution >= 0.6 is 0 Å². The Labute approximate surface area is 115 Å². The molecule has 2 aliphatic rings. The van der Waals surface area contributed by atoms with Crippen molar-refractivity contribution in [3.8, 4) is 0 Å². The Morgan fingerprint density at radius 3 is 2.63 bits per heavy atom. The first-order valence-electron chi connectivity index (χ1n) is 7.62. The SMILES string of the molecule is CCCc1nc(NC)cc(N(CC2CC2)C2CC2)n1. The highest BCUT2D eigenvalue weighted by molar-refractivity contribution is 5.51. The van der Waals surface area contributed by atoms with Crippen molar-refractivity contribution in [3.05, 3.63) is 11.9 Å². The van der Waals surface area contributed by atoms with Crippen molar-refractivity contribution in [1.82, 2.24) is 9.97 Å². The van der Waals surface area contributed by atoms with Gasteiger partial charge in [0.2, 0.25) is 0 Å². The standard InChI is InChI=1S/C15H24N4/c1-3-4-13-17-14(16-2)9-15(18-13)19(12-7-8-12)10-11-5-6-11/h9,11-12H,3-8,10H2,1-2H3,(H,16,17,18). The van der Waals surface area contributed by atoms with E-state index in [1.807, 2.05) is 7.05 Å². The first-order chi connectivity index (χ1) is 9.30. The predicted octanol–water partition coefficient (Wildman–Crippen LogP) is 2.85. The van der Waals surface area contributed by atoms with Crippen LogP contribution < -0.4 is 10.2 Å². The second kappa shape index (κ2) is 5.35. The Balaban J connectivity index is 1.84. The monoisotopic (exact) mass is 260 g/mol. The summed E-state index contributed by atoms with van der Waals surface area (Å²) in [7, 11) is 1.93. The molecule has 0 saturated heterocycles. The van der Waals surface area contributed by atoms with Crippen molar-refractivity contribution in [2.75, 3.05) is 23.8 Å². The summed E-state index contributed by atoms with van der Waals surface area (Å²) in [4.78, 5) is 11.9. The number of nitrogens with one attached hydrogen (secondary N) is 1. The Morgan fingerprint density at radius 2 is 2.05 bits per heavy atom. The minimum Gasteiger partial charge on any atom is -0.373 e. The molecule has 1 heterocycles. The van der Waals surface area contributed by atoms with Crippen LogP contribution in [0.15, 0.2) is 6.07 Å². The minimum absolute atomic E-state index is 0.731. The van der Waals surface area contributed by atoms with Crippen LogP contribution in [-0.2, 0) is 6.42 Å². The summed E-state index contributed by atoms with van der Waals surface area (Å²) in [5, 5.41) is 3.17. The predicted molar refractivity (Wildman–Crippen MR) is 78.7 cm³/mol. The van der Waals surface area contributed by atoms with E-state index in [2.05, 4.69) is 28.2 Å². The minimum atomic E-state index is 0.731. The maximum atomic E-state index is 4.79. The molecule has 19 heavy (non-hydrogen) atoms. The van der Waals surface area contributed by atoms with E-state index in [1.54, 1.807) is 0 Å². The number of anilines is 2. The zero-order valence-corrected chi connectivity index (χ0v) is 12.0. The molecule has 0 aromatic carbocycles. The number of nitrogens with zero attached hydrogens (tertiary/aromatic N) is 3. The molecular weight excluding hydrogens is 236 g/mol. The number of aromatic nitrogens is 2. The van der Waals surface area contributed by atoms with Crippen LogP contribution in [0.2, 0.25) is 0 Å². The van der Waals surface area contributed by atoms with Gasteiger partial charge in [0, 0.05) is 32.1 Å². The molecule has 1 N–H and O–H groups in total. The van der Waals surface area contributed by atoms with E-state index < -0.39 is 0 Å². The van der Waals surface area contributed by atoms with E-state index in [1.165, 1.54) is 32.2 Å². The molecule has 104 valence electrons.